The SMILES string of the molecule is COCCn1cccc1[C@@H]1[C@@H](c2ccccn2)NC(=S)N1CCO. The number of rotatable bonds is 7. The van der Waals surface area contributed by atoms with E-state index in [0.29, 0.717) is 18.3 Å². The topological polar surface area (TPSA) is 62.5 Å². The van der Waals surface area contributed by atoms with Crippen molar-refractivity contribution in [3.63, 3.8) is 0 Å². The number of nitrogens with zero attached hydrogens (tertiary/aromatic N) is 3. The molecule has 128 valence electrons. The minimum atomic E-state index is -0.0542. The van der Waals surface area contributed by atoms with Gasteiger partial charge in [-0.2, -0.15) is 0 Å². The highest BCUT2D eigenvalue weighted by Gasteiger charge is 2.40. The van der Waals surface area contributed by atoms with Crippen LogP contribution in [0.4, 0.5) is 0 Å². The van der Waals surface area contributed by atoms with Gasteiger partial charge in [0.1, 0.15) is 0 Å². The Balaban J connectivity index is 1.98. The Morgan fingerprint density at radius 2 is 2.17 bits per heavy atom. The molecule has 1 fully saturated rings. The lowest BCUT2D eigenvalue weighted by molar-refractivity contribution is 0.181. The molecular formula is C17H22N4O2S. The molecule has 0 amide bonds. The number of nitrogens with one attached hydrogen (secondary N) is 1. The van der Waals surface area contributed by atoms with Crippen molar-refractivity contribution in [2.24, 2.45) is 0 Å². The van der Waals surface area contributed by atoms with E-state index >= 15 is 0 Å². The maximum Gasteiger partial charge on any atom is 0.170 e. The zero-order chi connectivity index (χ0) is 16.9. The lowest BCUT2D eigenvalue weighted by atomic mass is 10.0. The number of aromatic nitrogens is 2. The molecule has 0 radical (unpaired) electrons. The monoisotopic (exact) mass is 346 g/mol. The molecule has 0 saturated carbocycles. The van der Waals surface area contributed by atoms with Crippen molar-refractivity contribution in [3.8, 4) is 0 Å². The average Bonchev–Trinajstić information content (AvgIpc) is 3.19. The van der Waals surface area contributed by atoms with Gasteiger partial charge in [0.2, 0.25) is 0 Å². The third-order valence-corrected chi connectivity index (χ3v) is 4.60. The van der Waals surface area contributed by atoms with Crippen molar-refractivity contribution < 1.29 is 9.84 Å². The van der Waals surface area contributed by atoms with Crippen molar-refractivity contribution in [2.45, 2.75) is 18.6 Å². The Bertz CT molecular complexity index is 676. The van der Waals surface area contributed by atoms with Crippen molar-refractivity contribution in [1.82, 2.24) is 19.8 Å². The summed E-state index contributed by atoms with van der Waals surface area (Å²) in [6, 6.07) is 9.92. The van der Waals surface area contributed by atoms with Gasteiger partial charge < -0.3 is 24.6 Å². The van der Waals surface area contributed by atoms with E-state index in [9.17, 15) is 5.11 Å². The molecule has 7 heteroatoms. The second kappa shape index (κ2) is 7.74. The Hall–Kier alpha value is -1.96. The number of hydrogen-bond acceptors (Lipinski definition) is 4. The van der Waals surface area contributed by atoms with Crippen molar-refractivity contribution in [1.29, 1.82) is 0 Å². The Morgan fingerprint density at radius 1 is 1.29 bits per heavy atom. The molecule has 0 spiro atoms. The molecule has 0 bridgehead atoms. The van der Waals surface area contributed by atoms with Crippen LogP contribution in [0.3, 0.4) is 0 Å². The van der Waals surface area contributed by atoms with Gasteiger partial charge in [-0.05, 0) is 36.5 Å². The van der Waals surface area contributed by atoms with Crippen LogP contribution in [0.15, 0.2) is 42.7 Å². The van der Waals surface area contributed by atoms with E-state index in [-0.39, 0.29) is 18.7 Å². The number of ether oxygens (including phenoxy) is 1. The largest absolute Gasteiger partial charge is 0.395 e. The van der Waals surface area contributed by atoms with Crippen molar-refractivity contribution in [2.75, 3.05) is 26.9 Å². The van der Waals surface area contributed by atoms with E-state index in [1.54, 1.807) is 13.3 Å². The molecule has 24 heavy (non-hydrogen) atoms. The maximum absolute atomic E-state index is 9.46. The van der Waals surface area contributed by atoms with Crippen LogP contribution < -0.4 is 5.32 Å². The Labute approximate surface area is 147 Å². The molecule has 3 heterocycles. The molecule has 2 aromatic rings. The van der Waals surface area contributed by atoms with Crippen LogP contribution in [0.25, 0.3) is 0 Å². The predicted molar refractivity (Wildman–Crippen MR) is 95.6 cm³/mol. The van der Waals surface area contributed by atoms with Gasteiger partial charge >= 0.3 is 0 Å². The first-order valence-electron chi connectivity index (χ1n) is 7.99. The third-order valence-electron chi connectivity index (χ3n) is 4.24. The summed E-state index contributed by atoms with van der Waals surface area (Å²) in [6.07, 6.45) is 3.83. The number of hydrogen-bond donors (Lipinski definition) is 2. The highest BCUT2D eigenvalue weighted by atomic mass is 32.1. The zero-order valence-corrected chi connectivity index (χ0v) is 14.4. The second-order valence-electron chi connectivity index (χ2n) is 5.66. The van der Waals surface area contributed by atoms with Crippen LogP contribution in [0.1, 0.15) is 23.5 Å². The smallest absolute Gasteiger partial charge is 0.170 e. The molecule has 0 aliphatic carbocycles. The first kappa shape index (κ1) is 16.9. The van der Waals surface area contributed by atoms with E-state index in [4.69, 9.17) is 17.0 Å². The number of aliphatic hydroxyl groups excluding tert-OH is 1. The van der Waals surface area contributed by atoms with Gasteiger partial charge in [0.15, 0.2) is 5.11 Å². The molecule has 1 aliphatic rings. The van der Waals surface area contributed by atoms with E-state index < -0.39 is 0 Å². The highest BCUT2D eigenvalue weighted by Crippen LogP contribution is 2.38. The summed E-state index contributed by atoms with van der Waals surface area (Å²) in [6.45, 7) is 1.94. The van der Waals surface area contributed by atoms with Crippen LogP contribution in [0, 0.1) is 0 Å². The summed E-state index contributed by atoms with van der Waals surface area (Å²) in [4.78, 5) is 6.53. The highest BCUT2D eigenvalue weighted by molar-refractivity contribution is 7.80. The van der Waals surface area contributed by atoms with E-state index in [1.807, 2.05) is 35.4 Å². The third kappa shape index (κ3) is 3.28. The first-order chi connectivity index (χ1) is 11.8. The summed E-state index contributed by atoms with van der Waals surface area (Å²) < 4.78 is 7.38. The van der Waals surface area contributed by atoms with Crippen LogP contribution in [-0.4, -0.2) is 51.5 Å². The minimum Gasteiger partial charge on any atom is -0.395 e. The molecular weight excluding hydrogens is 324 g/mol. The fourth-order valence-corrected chi connectivity index (χ4v) is 3.50. The average molecular weight is 346 g/mol. The van der Waals surface area contributed by atoms with Crippen LogP contribution in [-0.2, 0) is 11.3 Å². The van der Waals surface area contributed by atoms with Crippen LogP contribution >= 0.6 is 12.2 Å². The standard InChI is InChI=1S/C17H22N4O2S/c1-23-12-10-20-8-4-6-14(20)16-15(13-5-2-3-7-18-13)19-17(24)21(16)9-11-22/h2-8,15-16,22H,9-12H2,1H3,(H,19,24)/t15-,16-/m1/s1. The molecule has 0 aromatic carbocycles. The van der Waals surface area contributed by atoms with Crippen molar-refractivity contribution >= 4 is 17.3 Å². The molecule has 0 unspecified atom stereocenters. The summed E-state index contributed by atoms with van der Waals surface area (Å²) in [5.74, 6) is 0. The van der Waals surface area contributed by atoms with Crippen LogP contribution in [0.2, 0.25) is 0 Å². The number of pyridine rings is 1. The molecule has 3 rings (SSSR count). The minimum absolute atomic E-state index is 0.0218. The summed E-state index contributed by atoms with van der Waals surface area (Å²) in [7, 11) is 1.70. The summed E-state index contributed by atoms with van der Waals surface area (Å²) in [5, 5.41) is 13.5. The van der Waals surface area contributed by atoms with Gasteiger partial charge in [-0.15, -0.1) is 0 Å². The fraction of sp³-hybridized carbons (Fsp3) is 0.412. The molecule has 1 aliphatic heterocycles. The fourth-order valence-electron chi connectivity index (χ4n) is 3.16. The van der Waals surface area contributed by atoms with Gasteiger partial charge in [-0.1, -0.05) is 6.07 Å². The van der Waals surface area contributed by atoms with Crippen LogP contribution in [0.5, 0.6) is 0 Å². The predicted octanol–water partition coefficient (Wildman–Crippen LogP) is 1.49. The van der Waals surface area contributed by atoms with E-state index in [2.05, 4.69) is 20.9 Å². The normalized spacial score (nSPS) is 20.4. The number of thiocarbonyl (C=S) groups is 1. The number of methoxy groups -OCH3 is 1. The quantitative estimate of drug-likeness (QED) is 0.741. The Morgan fingerprint density at radius 3 is 2.88 bits per heavy atom. The van der Waals surface area contributed by atoms with Crippen molar-refractivity contribution in [3.05, 3.63) is 54.1 Å². The second-order valence-corrected chi connectivity index (χ2v) is 6.05. The number of β-amino-alcohol motifs (C(OH)–C–C–N with tert-alkyl or cyclic N) is 1. The van der Waals surface area contributed by atoms with E-state index in [1.165, 1.54) is 0 Å². The van der Waals surface area contributed by atoms with Gasteiger partial charge in [-0.3, -0.25) is 4.98 Å². The lowest BCUT2D eigenvalue weighted by Gasteiger charge is -2.28. The first-order valence-corrected chi connectivity index (χ1v) is 8.40. The summed E-state index contributed by atoms with van der Waals surface area (Å²) in [5.41, 5.74) is 2.06. The zero-order valence-electron chi connectivity index (χ0n) is 13.6. The molecule has 6 nitrogen and oxygen atoms in total. The molecule has 2 aromatic heterocycles. The summed E-state index contributed by atoms with van der Waals surface area (Å²) >= 11 is 5.51. The van der Waals surface area contributed by atoms with Gasteiger partial charge in [0, 0.05) is 38.3 Å². The van der Waals surface area contributed by atoms with Gasteiger partial charge in [0.05, 0.1) is 31.0 Å². The molecule has 1 saturated heterocycles. The lowest BCUT2D eigenvalue weighted by Crippen LogP contribution is -2.33. The number of aliphatic hydroxyl groups is 1. The maximum atomic E-state index is 9.46. The van der Waals surface area contributed by atoms with E-state index in [0.717, 1.165) is 17.9 Å². The Kier molecular flexibility index (Phi) is 5.44. The van der Waals surface area contributed by atoms with Gasteiger partial charge in [-0.25, -0.2) is 0 Å². The van der Waals surface area contributed by atoms with Gasteiger partial charge in [0.25, 0.3) is 0 Å². The molecule has 2 atom stereocenters. The molecule has 2 N–H and O–H groups in total.